The lowest BCUT2D eigenvalue weighted by Gasteiger charge is -2.30. The number of allylic oxidation sites excluding steroid dienone is 1. The van der Waals surface area contributed by atoms with Crippen molar-refractivity contribution >= 4 is 23.7 Å². The van der Waals surface area contributed by atoms with Gasteiger partial charge in [0.15, 0.2) is 0 Å². The molecule has 1 aromatic carbocycles. The molecular formula is C27H27N3O5. The van der Waals surface area contributed by atoms with E-state index in [2.05, 4.69) is 9.98 Å². The Morgan fingerprint density at radius 3 is 2.63 bits per heavy atom. The van der Waals surface area contributed by atoms with Crippen LogP contribution in [-0.2, 0) is 25.6 Å². The van der Waals surface area contributed by atoms with Gasteiger partial charge in [-0.15, -0.1) is 0 Å². The summed E-state index contributed by atoms with van der Waals surface area (Å²) in [6, 6.07) is 9.84. The number of benzene rings is 1. The van der Waals surface area contributed by atoms with Gasteiger partial charge in [0.05, 0.1) is 31.5 Å². The lowest BCUT2D eigenvalue weighted by molar-refractivity contribution is -0.143. The Morgan fingerprint density at radius 2 is 1.97 bits per heavy atom. The van der Waals surface area contributed by atoms with Gasteiger partial charge >= 0.3 is 11.9 Å². The maximum Gasteiger partial charge on any atom is 0.336 e. The number of furan rings is 1. The number of hydrogen-bond acceptors (Lipinski definition) is 7. The Hall–Kier alpha value is -4.20. The van der Waals surface area contributed by atoms with Crippen molar-refractivity contribution in [3.8, 4) is 0 Å². The van der Waals surface area contributed by atoms with Crippen LogP contribution in [0.25, 0.3) is 6.08 Å². The van der Waals surface area contributed by atoms with E-state index in [-0.39, 0.29) is 6.61 Å². The Balaban J connectivity index is 1.43. The van der Waals surface area contributed by atoms with Crippen molar-refractivity contribution in [1.29, 1.82) is 0 Å². The number of carbonyl (C=O) groups excluding carboxylic acids is 2. The molecule has 1 aliphatic rings. The molecule has 0 amide bonds. The van der Waals surface area contributed by atoms with Crippen molar-refractivity contribution < 1.29 is 23.5 Å². The van der Waals surface area contributed by atoms with Crippen LogP contribution < -0.4 is 0 Å². The molecule has 180 valence electrons. The normalized spacial score (nSPS) is 18.0. The largest absolute Gasteiger partial charge is 0.472 e. The lowest BCUT2D eigenvalue weighted by Crippen LogP contribution is -2.36. The molecule has 1 aliphatic heterocycles. The average molecular weight is 474 g/mol. The molecule has 2 aromatic heterocycles. The Labute approximate surface area is 203 Å². The van der Waals surface area contributed by atoms with Crippen molar-refractivity contribution in [2.24, 2.45) is 10.9 Å². The molecule has 0 fully saturated rings. The van der Waals surface area contributed by atoms with Crippen LogP contribution in [0.1, 0.15) is 36.5 Å². The van der Waals surface area contributed by atoms with E-state index >= 15 is 0 Å². The Morgan fingerprint density at radius 1 is 1.17 bits per heavy atom. The highest BCUT2D eigenvalue weighted by Crippen LogP contribution is 2.40. The molecule has 4 rings (SSSR count). The van der Waals surface area contributed by atoms with Crippen LogP contribution in [0.15, 0.2) is 88.3 Å². The standard InChI is InChI=1S/C27H27N3O5/c1-18-23(26(31)33-3)25(22-10-14-34-16-22)24(19(2)29-18)27(32)35-13-4-5-20-6-8-21(9-7-20)15-30-12-11-28-17-30/h4-12,14,16-17,23,25H,13,15H2,1-3H3. The summed E-state index contributed by atoms with van der Waals surface area (Å²) >= 11 is 0. The molecule has 0 saturated heterocycles. The van der Waals surface area contributed by atoms with Crippen LogP contribution in [0.3, 0.4) is 0 Å². The second-order valence-corrected chi connectivity index (χ2v) is 8.26. The van der Waals surface area contributed by atoms with Crippen LogP contribution in [0, 0.1) is 5.92 Å². The van der Waals surface area contributed by atoms with E-state index in [0.717, 1.165) is 17.7 Å². The monoisotopic (exact) mass is 473 g/mol. The highest BCUT2D eigenvalue weighted by atomic mass is 16.5. The molecule has 0 aliphatic carbocycles. The van der Waals surface area contributed by atoms with Gasteiger partial charge in [0, 0.05) is 36.3 Å². The molecule has 0 saturated carbocycles. The number of esters is 2. The van der Waals surface area contributed by atoms with Gasteiger partial charge in [-0.1, -0.05) is 30.3 Å². The number of rotatable bonds is 8. The Kier molecular flexibility index (Phi) is 7.40. The second-order valence-electron chi connectivity index (χ2n) is 8.26. The molecule has 3 aromatic rings. The third kappa shape index (κ3) is 5.48. The number of imidazole rings is 1. The number of aliphatic imine (C=N–C) groups is 1. The molecule has 0 bridgehead atoms. The highest BCUT2D eigenvalue weighted by Gasteiger charge is 2.42. The van der Waals surface area contributed by atoms with Crippen LogP contribution in [0.5, 0.6) is 0 Å². The third-order valence-electron chi connectivity index (χ3n) is 5.93. The summed E-state index contributed by atoms with van der Waals surface area (Å²) in [6.07, 6.45) is 12.2. The second kappa shape index (κ2) is 10.8. The predicted molar refractivity (Wildman–Crippen MR) is 131 cm³/mol. The maximum absolute atomic E-state index is 13.1. The van der Waals surface area contributed by atoms with Gasteiger partial charge < -0.3 is 18.5 Å². The summed E-state index contributed by atoms with van der Waals surface area (Å²) in [5, 5.41) is 0. The molecule has 2 unspecified atom stereocenters. The quantitative estimate of drug-likeness (QED) is 0.450. The van der Waals surface area contributed by atoms with E-state index in [4.69, 9.17) is 13.9 Å². The minimum Gasteiger partial charge on any atom is -0.472 e. The number of aromatic nitrogens is 2. The van der Waals surface area contributed by atoms with Crippen LogP contribution in [0.2, 0.25) is 0 Å². The summed E-state index contributed by atoms with van der Waals surface area (Å²) in [5.74, 6) is -2.33. The molecule has 2 atom stereocenters. The lowest BCUT2D eigenvalue weighted by atomic mass is 9.76. The topological polar surface area (TPSA) is 95.9 Å². The van der Waals surface area contributed by atoms with Crippen molar-refractivity contribution in [3.05, 3.63) is 95.6 Å². The van der Waals surface area contributed by atoms with Crippen molar-refractivity contribution in [2.45, 2.75) is 26.3 Å². The van der Waals surface area contributed by atoms with Gasteiger partial charge in [0.2, 0.25) is 0 Å². The number of hydrogen-bond donors (Lipinski definition) is 0. The zero-order valence-electron chi connectivity index (χ0n) is 19.9. The van der Waals surface area contributed by atoms with E-state index < -0.39 is 23.8 Å². The number of nitrogens with zero attached hydrogens (tertiary/aromatic N) is 3. The molecule has 0 spiro atoms. The zero-order chi connectivity index (χ0) is 24.8. The Bertz CT molecular complexity index is 1250. The number of carbonyl (C=O) groups is 2. The van der Waals surface area contributed by atoms with E-state index in [9.17, 15) is 9.59 Å². The van der Waals surface area contributed by atoms with Gasteiger partial charge in [-0.2, -0.15) is 0 Å². The summed E-state index contributed by atoms with van der Waals surface area (Å²) in [6.45, 7) is 4.32. The van der Waals surface area contributed by atoms with E-state index in [1.807, 2.05) is 41.1 Å². The molecule has 8 heteroatoms. The van der Waals surface area contributed by atoms with Gasteiger partial charge in [-0.05, 0) is 42.7 Å². The minimum atomic E-state index is -0.736. The first-order chi connectivity index (χ1) is 17.0. The first-order valence-corrected chi connectivity index (χ1v) is 11.2. The fourth-order valence-electron chi connectivity index (χ4n) is 4.26. The van der Waals surface area contributed by atoms with Crippen molar-refractivity contribution in [2.75, 3.05) is 13.7 Å². The summed E-state index contributed by atoms with van der Waals surface area (Å²) in [4.78, 5) is 34.2. The SMILES string of the molecule is COC(=O)C1C(C)=NC(C)=C(C(=O)OCC=Cc2ccc(Cn3ccnc3)cc2)C1c1ccoc1. The van der Waals surface area contributed by atoms with Gasteiger partial charge in [0.1, 0.15) is 12.5 Å². The van der Waals surface area contributed by atoms with Crippen LogP contribution in [-0.4, -0.2) is 40.9 Å². The van der Waals surface area contributed by atoms with E-state index in [1.54, 1.807) is 38.5 Å². The zero-order valence-corrected chi connectivity index (χ0v) is 19.9. The first kappa shape index (κ1) is 23.9. The summed E-state index contributed by atoms with van der Waals surface area (Å²) in [5.41, 5.74) is 4.25. The predicted octanol–water partition coefficient (Wildman–Crippen LogP) is 4.40. The molecule has 35 heavy (non-hydrogen) atoms. The first-order valence-electron chi connectivity index (χ1n) is 11.2. The average Bonchev–Trinajstić information content (AvgIpc) is 3.56. The van der Waals surface area contributed by atoms with Gasteiger partial charge in [0.25, 0.3) is 0 Å². The van der Waals surface area contributed by atoms with Crippen LogP contribution >= 0.6 is 0 Å². The number of methoxy groups -OCH3 is 1. The van der Waals surface area contributed by atoms with E-state index in [1.165, 1.54) is 19.6 Å². The van der Waals surface area contributed by atoms with Crippen molar-refractivity contribution in [1.82, 2.24) is 9.55 Å². The molecule has 8 nitrogen and oxygen atoms in total. The summed E-state index contributed by atoms with van der Waals surface area (Å²) < 4.78 is 17.8. The van der Waals surface area contributed by atoms with Crippen LogP contribution in [0.4, 0.5) is 0 Å². The molecule has 0 radical (unpaired) electrons. The fourth-order valence-corrected chi connectivity index (χ4v) is 4.26. The summed E-state index contributed by atoms with van der Waals surface area (Å²) in [7, 11) is 1.32. The maximum atomic E-state index is 13.1. The number of ether oxygens (including phenoxy) is 2. The molecular weight excluding hydrogens is 446 g/mol. The smallest absolute Gasteiger partial charge is 0.336 e. The van der Waals surface area contributed by atoms with E-state index in [0.29, 0.717) is 22.5 Å². The third-order valence-corrected chi connectivity index (χ3v) is 5.93. The van der Waals surface area contributed by atoms with Crippen molar-refractivity contribution in [3.63, 3.8) is 0 Å². The van der Waals surface area contributed by atoms with Gasteiger partial charge in [-0.3, -0.25) is 9.79 Å². The van der Waals surface area contributed by atoms with Gasteiger partial charge in [-0.25, -0.2) is 9.78 Å². The molecule has 0 N–H and O–H groups in total. The highest BCUT2D eigenvalue weighted by molar-refractivity contribution is 6.06. The fraction of sp³-hybridized carbons (Fsp3) is 0.259. The molecule has 3 heterocycles. The minimum absolute atomic E-state index is 0.0795.